The summed E-state index contributed by atoms with van der Waals surface area (Å²) >= 11 is 2.26. The van der Waals surface area contributed by atoms with Crippen molar-refractivity contribution in [1.82, 2.24) is 0 Å². The van der Waals surface area contributed by atoms with Crippen molar-refractivity contribution in [2.45, 2.75) is 13.0 Å². The Morgan fingerprint density at radius 1 is 1.50 bits per heavy atom. The van der Waals surface area contributed by atoms with Gasteiger partial charge in [-0.2, -0.15) is 0 Å². The lowest BCUT2D eigenvalue weighted by atomic mass is 10.3. The fourth-order valence-electron chi connectivity index (χ4n) is 0.862. The van der Waals surface area contributed by atoms with Crippen LogP contribution in [-0.2, 0) is 0 Å². The van der Waals surface area contributed by atoms with E-state index in [1.807, 2.05) is 24.3 Å². The van der Waals surface area contributed by atoms with Crippen molar-refractivity contribution in [3.63, 3.8) is 0 Å². The molecule has 0 spiro atoms. The number of hydrogen-bond acceptors (Lipinski definition) is 2. The molecule has 3 heteroatoms. The number of benzene rings is 1. The third kappa shape index (κ3) is 2.98. The zero-order valence-corrected chi connectivity index (χ0v) is 9.08. The van der Waals surface area contributed by atoms with Crippen molar-refractivity contribution < 1.29 is 5.11 Å². The summed E-state index contributed by atoms with van der Waals surface area (Å²) < 4.78 is 1.18. The summed E-state index contributed by atoms with van der Waals surface area (Å²) in [5, 5.41) is 12.2. The largest absolute Gasteiger partial charge is 0.392 e. The van der Waals surface area contributed by atoms with Crippen molar-refractivity contribution in [2.75, 3.05) is 11.9 Å². The lowest BCUT2D eigenvalue weighted by Gasteiger charge is -2.09. The van der Waals surface area contributed by atoms with Crippen LogP contribution >= 0.6 is 22.6 Å². The molecule has 12 heavy (non-hydrogen) atoms. The van der Waals surface area contributed by atoms with Gasteiger partial charge in [-0.05, 0) is 41.6 Å². The van der Waals surface area contributed by atoms with E-state index >= 15 is 0 Å². The van der Waals surface area contributed by atoms with Gasteiger partial charge in [-0.3, -0.25) is 0 Å². The minimum absolute atomic E-state index is 0.305. The van der Waals surface area contributed by atoms with Crippen LogP contribution in [0.1, 0.15) is 6.92 Å². The first-order valence-electron chi connectivity index (χ1n) is 3.86. The zero-order valence-electron chi connectivity index (χ0n) is 6.92. The highest BCUT2D eigenvalue weighted by Crippen LogP contribution is 2.16. The Morgan fingerprint density at radius 3 is 2.75 bits per heavy atom. The Balaban J connectivity index is 2.57. The van der Waals surface area contributed by atoms with Crippen molar-refractivity contribution in [3.8, 4) is 0 Å². The van der Waals surface area contributed by atoms with Gasteiger partial charge < -0.3 is 10.4 Å². The molecule has 0 fully saturated rings. The van der Waals surface area contributed by atoms with Gasteiger partial charge in [0.25, 0.3) is 0 Å². The molecule has 2 nitrogen and oxygen atoms in total. The maximum absolute atomic E-state index is 9.04. The van der Waals surface area contributed by atoms with E-state index in [0.29, 0.717) is 6.54 Å². The Morgan fingerprint density at radius 2 is 2.17 bits per heavy atom. The summed E-state index contributed by atoms with van der Waals surface area (Å²) in [6.45, 7) is 2.36. The number of aliphatic hydroxyl groups excluding tert-OH is 1. The first-order valence-corrected chi connectivity index (χ1v) is 4.94. The lowest BCUT2D eigenvalue weighted by Crippen LogP contribution is -2.15. The van der Waals surface area contributed by atoms with Crippen LogP contribution in [0.2, 0.25) is 0 Å². The summed E-state index contributed by atoms with van der Waals surface area (Å²) in [6, 6.07) is 8.01. The summed E-state index contributed by atoms with van der Waals surface area (Å²) in [5.41, 5.74) is 1.08. The van der Waals surface area contributed by atoms with E-state index in [1.54, 1.807) is 6.92 Å². The molecular weight excluding hydrogens is 265 g/mol. The fraction of sp³-hybridized carbons (Fsp3) is 0.333. The van der Waals surface area contributed by atoms with Gasteiger partial charge in [-0.1, -0.05) is 12.1 Å². The highest BCUT2D eigenvalue weighted by molar-refractivity contribution is 14.1. The van der Waals surface area contributed by atoms with Crippen LogP contribution in [-0.4, -0.2) is 17.8 Å². The molecule has 0 aromatic heterocycles. The number of anilines is 1. The van der Waals surface area contributed by atoms with E-state index in [1.165, 1.54) is 3.57 Å². The fourth-order valence-corrected chi connectivity index (χ4v) is 1.44. The number of nitrogens with one attached hydrogen (secondary N) is 1. The van der Waals surface area contributed by atoms with Gasteiger partial charge in [0, 0.05) is 15.8 Å². The SMILES string of the molecule is C[C@H](O)CNc1ccccc1I. The van der Waals surface area contributed by atoms with Gasteiger partial charge in [-0.15, -0.1) is 0 Å². The van der Waals surface area contributed by atoms with Gasteiger partial charge in [0.2, 0.25) is 0 Å². The normalized spacial score (nSPS) is 12.6. The van der Waals surface area contributed by atoms with Crippen LogP contribution in [0, 0.1) is 3.57 Å². The van der Waals surface area contributed by atoms with Crippen LogP contribution < -0.4 is 5.32 Å². The van der Waals surface area contributed by atoms with E-state index in [4.69, 9.17) is 5.11 Å². The minimum Gasteiger partial charge on any atom is -0.392 e. The molecule has 1 aromatic rings. The molecule has 2 N–H and O–H groups in total. The number of halogens is 1. The second kappa shape index (κ2) is 4.67. The average molecular weight is 277 g/mol. The number of hydrogen-bond donors (Lipinski definition) is 2. The summed E-state index contributed by atoms with van der Waals surface area (Å²) in [7, 11) is 0. The molecule has 0 amide bonds. The highest BCUT2D eigenvalue weighted by Gasteiger charge is 1.98. The van der Waals surface area contributed by atoms with E-state index in [0.717, 1.165) is 5.69 Å². The van der Waals surface area contributed by atoms with Gasteiger partial charge in [0.15, 0.2) is 0 Å². The molecule has 0 heterocycles. The van der Waals surface area contributed by atoms with Crippen molar-refractivity contribution in [3.05, 3.63) is 27.8 Å². The van der Waals surface area contributed by atoms with Crippen molar-refractivity contribution >= 4 is 28.3 Å². The second-order valence-electron chi connectivity index (χ2n) is 2.71. The van der Waals surface area contributed by atoms with E-state index < -0.39 is 0 Å². The smallest absolute Gasteiger partial charge is 0.0684 e. The quantitative estimate of drug-likeness (QED) is 0.829. The molecule has 66 valence electrons. The summed E-state index contributed by atoms with van der Waals surface area (Å²) in [6.07, 6.45) is -0.305. The zero-order chi connectivity index (χ0) is 8.97. The van der Waals surface area contributed by atoms with Crippen molar-refractivity contribution in [1.29, 1.82) is 0 Å². The molecule has 0 aliphatic rings. The van der Waals surface area contributed by atoms with E-state index in [9.17, 15) is 0 Å². The molecule has 0 saturated heterocycles. The van der Waals surface area contributed by atoms with Crippen molar-refractivity contribution in [2.24, 2.45) is 0 Å². The maximum Gasteiger partial charge on any atom is 0.0684 e. The molecule has 0 aliphatic heterocycles. The third-order valence-electron chi connectivity index (χ3n) is 1.46. The Labute approximate surface area is 86.1 Å². The first-order chi connectivity index (χ1) is 5.70. The molecule has 1 atom stereocenters. The van der Waals surface area contributed by atoms with Crippen LogP contribution in [0.3, 0.4) is 0 Å². The maximum atomic E-state index is 9.04. The topological polar surface area (TPSA) is 32.3 Å². The van der Waals surface area contributed by atoms with E-state index in [2.05, 4.69) is 27.9 Å². The van der Waals surface area contributed by atoms with Crippen LogP contribution in [0.15, 0.2) is 24.3 Å². The molecular formula is C9H12INO. The van der Waals surface area contributed by atoms with Gasteiger partial charge in [0.05, 0.1) is 6.10 Å². The number of aliphatic hydroxyl groups is 1. The molecule has 1 aromatic carbocycles. The Bertz CT molecular complexity index is 250. The monoisotopic (exact) mass is 277 g/mol. The minimum atomic E-state index is -0.305. The number of para-hydroxylation sites is 1. The molecule has 1 rings (SSSR count). The Hall–Kier alpha value is -0.290. The standard InChI is InChI=1S/C9H12INO/c1-7(12)6-11-9-5-3-2-4-8(9)10/h2-5,7,11-12H,6H2,1H3/t7-/m0/s1. The van der Waals surface area contributed by atoms with Gasteiger partial charge in [-0.25, -0.2) is 0 Å². The summed E-state index contributed by atoms with van der Waals surface area (Å²) in [4.78, 5) is 0. The summed E-state index contributed by atoms with van der Waals surface area (Å²) in [5.74, 6) is 0. The highest BCUT2D eigenvalue weighted by atomic mass is 127. The van der Waals surface area contributed by atoms with Crippen LogP contribution in [0.5, 0.6) is 0 Å². The Kier molecular flexibility index (Phi) is 3.81. The predicted octanol–water partition coefficient (Wildman–Crippen LogP) is 2.08. The molecule has 0 unspecified atom stereocenters. The third-order valence-corrected chi connectivity index (χ3v) is 2.40. The van der Waals surface area contributed by atoms with Crippen LogP contribution in [0.4, 0.5) is 5.69 Å². The second-order valence-corrected chi connectivity index (χ2v) is 3.87. The number of rotatable bonds is 3. The lowest BCUT2D eigenvalue weighted by molar-refractivity contribution is 0.208. The predicted molar refractivity (Wildman–Crippen MR) is 59.3 cm³/mol. The van der Waals surface area contributed by atoms with Gasteiger partial charge in [0.1, 0.15) is 0 Å². The van der Waals surface area contributed by atoms with Crippen LogP contribution in [0.25, 0.3) is 0 Å². The van der Waals surface area contributed by atoms with E-state index in [-0.39, 0.29) is 6.10 Å². The average Bonchev–Trinajstić information content (AvgIpc) is 2.03. The molecule has 0 saturated carbocycles. The van der Waals surface area contributed by atoms with Gasteiger partial charge >= 0.3 is 0 Å². The molecule has 0 aliphatic carbocycles. The molecule has 0 radical (unpaired) electrons. The molecule has 0 bridgehead atoms. The first kappa shape index (κ1) is 9.80.